The normalized spacial score (nSPS) is 15.9. The number of benzene rings is 2. The number of nitrogens with zero attached hydrogens (tertiary/aromatic N) is 1. The van der Waals surface area contributed by atoms with Crippen LogP contribution in [0.15, 0.2) is 48.5 Å². The number of nitrogens with one attached hydrogen (secondary N) is 3. The Morgan fingerprint density at radius 2 is 1.91 bits per heavy atom. The number of fused-ring (bicyclic) bond motifs is 2. The lowest BCUT2D eigenvalue weighted by molar-refractivity contribution is -0.173. The van der Waals surface area contributed by atoms with Gasteiger partial charge in [-0.1, -0.05) is 29.8 Å². The van der Waals surface area contributed by atoms with Gasteiger partial charge in [0.25, 0.3) is 5.91 Å². The summed E-state index contributed by atoms with van der Waals surface area (Å²) >= 11 is 5.98. The van der Waals surface area contributed by atoms with E-state index in [1.54, 1.807) is 53.8 Å². The highest BCUT2D eigenvalue weighted by atomic mass is 35.5. The molecule has 0 saturated heterocycles. The molecule has 33 heavy (non-hydrogen) atoms. The maximum Gasteiger partial charge on any atom is 0.471 e. The number of H-pyrrole nitrogens is 1. The van der Waals surface area contributed by atoms with Gasteiger partial charge in [0.2, 0.25) is 5.91 Å². The number of para-hydroxylation sites is 1. The molecule has 1 aliphatic rings. The number of halogens is 4. The average Bonchev–Trinajstić information content (AvgIpc) is 3.18. The van der Waals surface area contributed by atoms with E-state index in [9.17, 15) is 27.6 Å². The molecule has 2 aromatic carbocycles. The fourth-order valence-corrected chi connectivity index (χ4v) is 3.93. The van der Waals surface area contributed by atoms with Crippen molar-refractivity contribution < 1.29 is 27.6 Å². The van der Waals surface area contributed by atoms with Crippen LogP contribution in [-0.2, 0) is 16.0 Å². The largest absolute Gasteiger partial charge is 0.471 e. The van der Waals surface area contributed by atoms with Gasteiger partial charge in [0.15, 0.2) is 0 Å². The van der Waals surface area contributed by atoms with Crippen LogP contribution in [0, 0.1) is 0 Å². The minimum Gasteiger partial charge on any atom is -0.351 e. The molecule has 1 aliphatic heterocycles. The minimum atomic E-state index is -5.01. The lowest BCUT2D eigenvalue weighted by atomic mass is 9.97. The Kier molecular flexibility index (Phi) is 6.03. The lowest BCUT2D eigenvalue weighted by Gasteiger charge is -2.34. The Labute approximate surface area is 190 Å². The van der Waals surface area contributed by atoms with Crippen LogP contribution in [0.2, 0.25) is 5.02 Å². The first kappa shape index (κ1) is 22.7. The van der Waals surface area contributed by atoms with Crippen LogP contribution in [0.3, 0.4) is 0 Å². The molecule has 1 unspecified atom stereocenters. The van der Waals surface area contributed by atoms with Crippen molar-refractivity contribution in [2.45, 2.75) is 18.6 Å². The molecule has 1 aromatic heterocycles. The highest BCUT2D eigenvalue weighted by Gasteiger charge is 2.39. The zero-order chi connectivity index (χ0) is 23.8. The number of alkyl halides is 3. The second-order valence-electron chi connectivity index (χ2n) is 7.52. The Hall–Kier alpha value is -3.53. The fraction of sp³-hybridized carbons (Fsp3) is 0.227. The third-order valence-corrected chi connectivity index (χ3v) is 5.52. The fourth-order valence-electron chi connectivity index (χ4n) is 3.75. The van der Waals surface area contributed by atoms with Crippen LogP contribution < -0.4 is 15.5 Å². The molecule has 3 amide bonds. The molecule has 0 radical (unpaired) electrons. The van der Waals surface area contributed by atoms with Crippen molar-refractivity contribution in [3.63, 3.8) is 0 Å². The molecular weight excluding hydrogens is 461 g/mol. The van der Waals surface area contributed by atoms with E-state index in [2.05, 4.69) is 10.3 Å². The van der Waals surface area contributed by atoms with E-state index in [1.165, 1.54) is 4.90 Å². The SMILES string of the molecule is O=C(NC1Cc2ccccc2N(CCNC(=O)C(F)(F)F)C1=O)c1cc2cc(Cl)ccc2[nH]1. The van der Waals surface area contributed by atoms with Gasteiger partial charge in [0.05, 0.1) is 0 Å². The van der Waals surface area contributed by atoms with E-state index >= 15 is 0 Å². The number of hydrogen-bond acceptors (Lipinski definition) is 3. The Balaban J connectivity index is 1.51. The molecule has 0 fully saturated rings. The summed E-state index contributed by atoms with van der Waals surface area (Å²) < 4.78 is 37.3. The van der Waals surface area contributed by atoms with E-state index in [4.69, 9.17) is 11.6 Å². The molecule has 1 atom stereocenters. The van der Waals surface area contributed by atoms with Gasteiger partial charge in [-0.15, -0.1) is 0 Å². The number of carbonyl (C=O) groups is 3. The van der Waals surface area contributed by atoms with Crippen molar-refractivity contribution in [1.29, 1.82) is 0 Å². The minimum absolute atomic E-state index is 0.186. The van der Waals surface area contributed by atoms with E-state index < -0.39 is 36.5 Å². The summed E-state index contributed by atoms with van der Waals surface area (Å²) in [7, 11) is 0. The van der Waals surface area contributed by atoms with Gasteiger partial charge in [-0.05, 0) is 35.9 Å². The van der Waals surface area contributed by atoms with E-state index in [0.29, 0.717) is 16.2 Å². The van der Waals surface area contributed by atoms with Crippen LogP contribution in [-0.4, -0.2) is 48.0 Å². The van der Waals surface area contributed by atoms with Crippen molar-refractivity contribution in [2.24, 2.45) is 0 Å². The first-order valence-corrected chi connectivity index (χ1v) is 10.3. The number of aromatic amines is 1. The van der Waals surface area contributed by atoms with Crippen LogP contribution in [0.4, 0.5) is 18.9 Å². The number of carbonyl (C=O) groups excluding carboxylic acids is 3. The summed E-state index contributed by atoms with van der Waals surface area (Å²) in [5.41, 5.74) is 2.21. The lowest BCUT2D eigenvalue weighted by Crippen LogP contribution is -2.54. The quantitative estimate of drug-likeness (QED) is 0.525. The van der Waals surface area contributed by atoms with Gasteiger partial charge in [0.1, 0.15) is 11.7 Å². The summed E-state index contributed by atoms with van der Waals surface area (Å²) in [6.45, 7) is -0.587. The van der Waals surface area contributed by atoms with Crippen LogP contribution in [0.1, 0.15) is 16.1 Å². The number of amides is 3. The van der Waals surface area contributed by atoms with E-state index in [-0.39, 0.29) is 18.7 Å². The summed E-state index contributed by atoms with van der Waals surface area (Å²) in [5.74, 6) is -3.07. The number of aromatic nitrogens is 1. The standard InChI is InChI=1S/C22H18ClF3N4O3/c23-14-5-6-15-13(9-14)11-16(28-15)19(31)29-17-10-12-3-1-2-4-18(12)30(20(17)32)8-7-27-21(33)22(24,25)26/h1-6,9,11,17,28H,7-8,10H2,(H,27,33)(H,29,31). The summed E-state index contributed by atoms with van der Waals surface area (Å²) in [6, 6.07) is 12.7. The van der Waals surface area contributed by atoms with Crippen LogP contribution >= 0.6 is 11.6 Å². The third-order valence-electron chi connectivity index (χ3n) is 5.28. The molecular formula is C22H18ClF3N4O3. The number of hydrogen-bond donors (Lipinski definition) is 3. The van der Waals surface area contributed by atoms with E-state index in [0.717, 1.165) is 10.9 Å². The van der Waals surface area contributed by atoms with Gasteiger partial charge in [-0.3, -0.25) is 14.4 Å². The molecule has 3 aromatic rings. The highest BCUT2D eigenvalue weighted by Crippen LogP contribution is 2.28. The zero-order valence-corrected chi connectivity index (χ0v) is 17.8. The Bertz CT molecular complexity index is 1240. The predicted molar refractivity (Wildman–Crippen MR) is 116 cm³/mol. The maximum atomic E-state index is 13.1. The molecule has 3 N–H and O–H groups in total. The molecule has 0 spiro atoms. The molecule has 0 aliphatic carbocycles. The van der Waals surface area contributed by atoms with Crippen molar-refractivity contribution >= 4 is 45.9 Å². The molecule has 7 nitrogen and oxygen atoms in total. The highest BCUT2D eigenvalue weighted by molar-refractivity contribution is 6.31. The second kappa shape index (κ2) is 8.78. The molecule has 172 valence electrons. The van der Waals surface area contributed by atoms with Crippen molar-refractivity contribution in [3.05, 3.63) is 64.8 Å². The van der Waals surface area contributed by atoms with Gasteiger partial charge in [0, 0.05) is 41.1 Å². The average molecular weight is 479 g/mol. The van der Waals surface area contributed by atoms with Crippen molar-refractivity contribution in [3.8, 4) is 0 Å². The maximum absolute atomic E-state index is 13.1. The first-order valence-electron chi connectivity index (χ1n) is 9.97. The first-order chi connectivity index (χ1) is 15.6. The van der Waals surface area contributed by atoms with Crippen molar-refractivity contribution in [2.75, 3.05) is 18.0 Å². The molecule has 0 bridgehead atoms. The van der Waals surface area contributed by atoms with Gasteiger partial charge >= 0.3 is 12.1 Å². The third kappa shape index (κ3) is 4.80. The Morgan fingerprint density at radius 1 is 1.15 bits per heavy atom. The summed E-state index contributed by atoms with van der Waals surface area (Å²) in [5, 5.41) is 5.70. The van der Waals surface area contributed by atoms with Gasteiger partial charge in [-0.2, -0.15) is 13.2 Å². The monoisotopic (exact) mass is 478 g/mol. The Morgan fingerprint density at radius 3 is 2.67 bits per heavy atom. The summed E-state index contributed by atoms with van der Waals surface area (Å²) in [4.78, 5) is 41.2. The predicted octanol–water partition coefficient (Wildman–Crippen LogP) is 3.19. The molecule has 0 saturated carbocycles. The molecule has 11 heteroatoms. The molecule has 4 rings (SSSR count). The van der Waals surface area contributed by atoms with Crippen LogP contribution in [0.25, 0.3) is 10.9 Å². The second-order valence-corrected chi connectivity index (χ2v) is 7.95. The van der Waals surface area contributed by atoms with Gasteiger partial charge < -0.3 is 20.5 Å². The van der Waals surface area contributed by atoms with Crippen LogP contribution in [0.5, 0.6) is 0 Å². The number of rotatable bonds is 5. The number of anilines is 1. The smallest absolute Gasteiger partial charge is 0.351 e. The van der Waals surface area contributed by atoms with Crippen molar-refractivity contribution in [1.82, 2.24) is 15.6 Å². The van der Waals surface area contributed by atoms with Gasteiger partial charge in [-0.25, -0.2) is 0 Å². The zero-order valence-electron chi connectivity index (χ0n) is 17.0. The molecule has 2 heterocycles. The summed E-state index contributed by atoms with van der Waals surface area (Å²) in [6.07, 6.45) is -4.79. The topological polar surface area (TPSA) is 94.3 Å². The van der Waals surface area contributed by atoms with E-state index in [1.807, 2.05) is 0 Å².